The minimum atomic E-state index is 0.176. The summed E-state index contributed by atoms with van der Waals surface area (Å²) >= 11 is 0. The van der Waals surface area contributed by atoms with Crippen LogP contribution < -0.4 is 17.3 Å². The zero-order valence-corrected chi connectivity index (χ0v) is 23.1. The highest BCUT2D eigenvalue weighted by molar-refractivity contribution is 5.48. The van der Waals surface area contributed by atoms with Crippen molar-refractivity contribution in [2.24, 2.45) is 28.6 Å². The van der Waals surface area contributed by atoms with Crippen molar-refractivity contribution in [3.05, 3.63) is 48.9 Å². The van der Waals surface area contributed by atoms with E-state index >= 15 is 0 Å². The van der Waals surface area contributed by atoms with Gasteiger partial charge in [-0.2, -0.15) is 0 Å². The van der Waals surface area contributed by atoms with Crippen LogP contribution in [0.25, 0.3) is 0 Å². The Morgan fingerprint density at radius 2 is 1.56 bits per heavy atom. The van der Waals surface area contributed by atoms with Gasteiger partial charge in [-0.05, 0) is 65.7 Å². The van der Waals surface area contributed by atoms with E-state index in [4.69, 9.17) is 16.4 Å². The van der Waals surface area contributed by atoms with Crippen molar-refractivity contribution in [1.82, 2.24) is 9.91 Å². The molecule has 0 radical (unpaired) electrons. The first-order chi connectivity index (χ1) is 15.8. The maximum absolute atomic E-state index is 10.1. The molecule has 2 fully saturated rings. The topological polar surface area (TPSA) is 119 Å². The average molecular weight is 480 g/mol. The second-order valence-electron chi connectivity index (χ2n) is 9.70. The first kappa shape index (κ1) is 36.0. The lowest BCUT2D eigenvalue weighted by atomic mass is 9.88. The smallest absolute Gasteiger partial charge is 0.209 e. The molecule has 0 spiro atoms. The Balaban J connectivity index is -0.000000406. The van der Waals surface area contributed by atoms with Crippen LogP contribution in [0.4, 0.5) is 0 Å². The van der Waals surface area contributed by atoms with Gasteiger partial charge in [0.2, 0.25) is 12.8 Å². The standard InChI is InChI=1S/C11H23N3.C6H11NO.C5H10.C4H6.CH3NO/c1-8(11(2,3)4)14(13)7-10(12)9-5-6-9;1-6-3-2-4-7(6)5-8;1-4-5(2)3;1-3-4-2;2-1-3/h7-9H,5-6,12-13H2,1-4H3;5-6H,2-4H2,1H3;4H,1-3H3;3-4H,1-2H2;1H,(H2,2,3)/b10-7-;;;;. The van der Waals surface area contributed by atoms with E-state index in [1.165, 1.54) is 31.3 Å². The molecule has 0 aromatic rings. The number of allylic oxidation sites excluding steroid dienone is 5. The third kappa shape index (κ3) is 21.3. The van der Waals surface area contributed by atoms with Crippen molar-refractivity contribution < 1.29 is 9.59 Å². The van der Waals surface area contributed by atoms with Crippen molar-refractivity contribution >= 4 is 12.8 Å². The average Bonchev–Trinajstić information content (AvgIpc) is 3.55. The largest absolute Gasteiger partial charge is 0.401 e. The number of nitrogens with two attached hydrogens (primary N) is 3. The van der Waals surface area contributed by atoms with Gasteiger partial charge < -0.3 is 21.4 Å². The normalized spacial score (nSPS) is 17.3. The Hall–Kier alpha value is -2.54. The number of rotatable bonds is 5. The molecule has 2 unspecified atom stereocenters. The number of nitrogens with zero attached hydrogens (tertiary/aromatic N) is 2. The van der Waals surface area contributed by atoms with E-state index in [1.807, 2.05) is 18.0 Å². The maximum Gasteiger partial charge on any atom is 0.209 e. The van der Waals surface area contributed by atoms with E-state index in [-0.39, 0.29) is 11.8 Å². The molecular weight excluding hydrogens is 426 g/mol. The lowest BCUT2D eigenvalue weighted by molar-refractivity contribution is -0.118. The van der Waals surface area contributed by atoms with Gasteiger partial charge in [-0.3, -0.25) is 9.59 Å². The van der Waals surface area contributed by atoms with Crippen molar-refractivity contribution in [1.29, 1.82) is 0 Å². The van der Waals surface area contributed by atoms with Gasteiger partial charge in [0.05, 0.1) is 0 Å². The third-order valence-electron chi connectivity index (χ3n) is 5.53. The molecule has 1 saturated heterocycles. The molecule has 198 valence electrons. The van der Waals surface area contributed by atoms with Gasteiger partial charge in [0.15, 0.2) is 0 Å². The van der Waals surface area contributed by atoms with E-state index in [1.54, 1.807) is 17.2 Å². The number of primary amides is 1. The summed E-state index contributed by atoms with van der Waals surface area (Å²) in [6.07, 6.45) is 13.3. The van der Waals surface area contributed by atoms with Gasteiger partial charge in [0.25, 0.3) is 0 Å². The van der Waals surface area contributed by atoms with Crippen molar-refractivity contribution in [2.75, 3.05) is 6.54 Å². The van der Waals surface area contributed by atoms with Crippen molar-refractivity contribution in [3.63, 3.8) is 0 Å². The fourth-order valence-corrected chi connectivity index (χ4v) is 2.37. The molecular formula is C27H53N5O2. The quantitative estimate of drug-likeness (QED) is 0.171. The number of carbonyl (C=O) groups excluding carboxylic acids is 2. The minimum absolute atomic E-state index is 0.176. The molecule has 0 aromatic heterocycles. The number of hydrogen-bond acceptors (Lipinski definition) is 5. The molecule has 0 bridgehead atoms. The first-order valence-electron chi connectivity index (χ1n) is 12.0. The molecule has 34 heavy (non-hydrogen) atoms. The first-order valence-corrected chi connectivity index (χ1v) is 12.0. The number of hydrazine groups is 1. The minimum Gasteiger partial charge on any atom is -0.401 e. The van der Waals surface area contributed by atoms with Gasteiger partial charge >= 0.3 is 0 Å². The van der Waals surface area contributed by atoms with Crippen LogP contribution >= 0.6 is 0 Å². The van der Waals surface area contributed by atoms with Gasteiger partial charge in [-0.25, -0.2) is 5.84 Å². The second-order valence-corrected chi connectivity index (χ2v) is 9.70. The van der Waals surface area contributed by atoms with E-state index < -0.39 is 0 Å². The molecule has 7 nitrogen and oxygen atoms in total. The number of likely N-dealkylation sites (tertiary alicyclic amines) is 1. The van der Waals surface area contributed by atoms with Crippen LogP contribution in [0.1, 0.15) is 81.1 Å². The molecule has 1 aliphatic carbocycles. The van der Waals surface area contributed by atoms with Crippen LogP contribution in [0.15, 0.2) is 48.9 Å². The second kappa shape index (κ2) is 21.0. The molecule has 1 aliphatic heterocycles. The monoisotopic (exact) mass is 479 g/mol. The molecule has 7 heteroatoms. The van der Waals surface area contributed by atoms with Crippen LogP contribution in [0.5, 0.6) is 0 Å². The Labute approximate surface area is 209 Å². The molecule has 6 N–H and O–H groups in total. The van der Waals surface area contributed by atoms with Crippen LogP contribution in [0.3, 0.4) is 0 Å². The summed E-state index contributed by atoms with van der Waals surface area (Å²) in [5.41, 5.74) is 12.6. The molecule has 1 heterocycles. The van der Waals surface area contributed by atoms with E-state index in [9.17, 15) is 4.79 Å². The van der Waals surface area contributed by atoms with Gasteiger partial charge in [-0.1, -0.05) is 57.7 Å². The molecule has 2 aliphatic rings. The zero-order chi connectivity index (χ0) is 27.3. The number of carbonyl (C=O) groups is 2. The number of amides is 2. The summed E-state index contributed by atoms with van der Waals surface area (Å²) in [5.74, 6) is 6.54. The zero-order valence-electron chi connectivity index (χ0n) is 23.1. The summed E-state index contributed by atoms with van der Waals surface area (Å²) < 4.78 is 0. The Kier molecular flexibility index (Phi) is 22.3. The highest BCUT2D eigenvalue weighted by atomic mass is 16.1. The fraction of sp³-hybridized carbons (Fsp3) is 0.630. The number of hydrogen-bond donors (Lipinski definition) is 3. The van der Waals surface area contributed by atoms with Crippen molar-refractivity contribution in [2.45, 2.75) is 93.2 Å². The highest BCUT2D eigenvalue weighted by Gasteiger charge is 2.27. The van der Waals surface area contributed by atoms with Gasteiger partial charge in [0, 0.05) is 36.4 Å². The molecule has 2 atom stereocenters. The summed E-state index contributed by atoms with van der Waals surface area (Å²) in [5, 5.41) is 1.74. The van der Waals surface area contributed by atoms with Gasteiger partial charge in [-0.15, -0.1) is 0 Å². The summed E-state index contributed by atoms with van der Waals surface area (Å²) in [7, 11) is 0. The lowest BCUT2D eigenvalue weighted by Crippen LogP contribution is -2.43. The van der Waals surface area contributed by atoms with Crippen LogP contribution in [0, 0.1) is 11.3 Å². The Morgan fingerprint density at radius 3 is 1.76 bits per heavy atom. The van der Waals surface area contributed by atoms with E-state index in [0.29, 0.717) is 18.0 Å². The van der Waals surface area contributed by atoms with Crippen LogP contribution in [-0.4, -0.2) is 41.4 Å². The summed E-state index contributed by atoms with van der Waals surface area (Å²) in [4.78, 5) is 20.6. The van der Waals surface area contributed by atoms with Crippen LogP contribution in [-0.2, 0) is 9.59 Å². The SMILES string of the molecule is C=CC=C.CC(N(N)/C=C(\N)C1CC1)C(C)(C)C.CC1CCCN1C=O.CC=C(C)C.NC=O. The third-order valence-corrected chi connectivity index (χ3v) is 5.53. The van der Waals surface area contributed by atoms with Gasteiger partial charge in [0.1, 0.15) is 0 Å². The lowest BCUT2D eigenvalue weighted by Gasteiger charge is -2.34. The highest BCUT2D eigenvalue weighted by Crippen LogP contribution is 2.34. The fourth-order valence-electron chi connectivity index (χ4n) is 2.37. The molecule has 2 rings (SSSR count). The predicted molar refractivity (Wildman–Crippen MR) is 147 cm³/mol. The van der Waals surface area contributed by atoms with E-state index in [2.05, 4.69) is 73.4 Å². The summed E-state index contributed by atoms with van der Waals surface area (Å²) in [6, 6.07) is 0.785. The Morgan fingerprint density at radius 1 is 1.12 bits per heavy atom. The van der Waals surface area contributed by atoms with E-state index in [0.717, 1.165) is 18.7 Å². The van der Waals surface area contributed by atoms with Crippen molar-refractivity contribution in [3.8, 4) is 0 Å². The molecule has 2 amide bonds. The maximum atomic E-state index is 10.1. The predicted octanol–water partition coefficient (Wildman–Crippen LogP) is 4.87. The summed E-state index contributed by atoms with van der Waals surface area (Å²) in [6.45, 7) is 24.6. The Bertz CT molecular complexity index is 609. The van der Waals surface area contributed by atoms with Crippen LogP contribution in [0.2, 0.25) is 0 Å². The molecule has 0 aromatic carbocycles. The molecule has 1 saturated carbocycles.